The lowest BCUT2D eigenvalue weighted by atomic mass is 10.1. The zero-order chi connectivity index (χ0) is 34.0. The third kappa shape index (κ3) is 10.3. The van der Waals surface area contributed by atoms with Crippen LogP contribution < -0.4 is 10.2 Å². The normalized spacial score (nSPS) is 17.6. The van der Waals surface area contributed by atoms with Gasteiger partial charge < -0.3 is 34.2 Å². The van der Waals surface area contributed by atoms with Crippen LogP contribution in [0.5, 0.6) is 0 Å². The molecule has 2 fully saturated rings. The lowest BCUT2D eigenvalue weighted by molar-refractivity contribution is -0.158. The summed E-state index contributed by atoms with van der Waals surface area (Å²) in [6, 6.07) is 10.1. The van der Waals surface area contributed by atoms with E-state index in [9.17, 15) is 19.2 Å². The number of benzene rings is 1. The van der Waals surface area contributed by atoms with Crippen molar-refractivity contribution >= 4 is 29.8 Å². The Balaban J connectivity index is 1.56. The van der Waals surface area contributed by atoms with E-state index >= 15 is 0 Å². The molecule has 0 saturated carbocycles. The molecule has 2 aromatic rings. The summed E-state index contributed by atoms with van der Waals surface area (Å²) < 4.78 is 15.7. The SMILES string of the molecule is CCOC(=O)ON1CCN(C(=O)[C@H](CCC(=O)OC(C)(C)C)NC(=O)c2cc(N3CCC[C@@H]3COC)nc(-c3ccccc3)n2)CC1. The first-order valence-electron chi connectivity index (χ1n) is 16.1. The molecule has 2 aliphatic rings. The fourth-order valence-electron chi connectivity index (χ4n) is 5.53. The van der Waals surface area contributed by atoms with Crippen molar-refractivity contribution in [2.75, 3.05) is 57.9 Å². The standard InChI is InChI=1S/C33H46N6O8/c1-6-45-32(43)47-38-19-17-37(18-20-38)31(42)25(14-15-28(40)46-33(2,3)4)35-30(41)26-21-27(39-16-10-13-24(39)22-44-5)36-29(34-26)23-11-8-7-9-12-23/h7-9,11-12,21,24-25H,6,10,13-20,22H2,1-5H3,(H,35,41)/t24-,25+/m1/s1. The van der Waals surface area contributed by atoms with E-state index in [0.29, 0.717) is 18.2 Å². The van der Waals surface area contributed by atoms with Crippen LogP contribution in [0.2, 0.25) is 0 Å². The van der Waals surface area contributed by atoms with E-state index in [2.05, 4.69) is 15.2 Å². The Morgan fingerprint density at radius 2 is 1.74 bits per heavy atom. The second-order valence-electron chi connectivity index (χ2n) is 12.4. The van der Waals surface area contributed by atoms with Gasteiger partial charge in [0.1, 0.15) is 23.2 Å². The smallest absolute Gasteiger partial charge is 0.460 e. The third-order valence-corrected chi connectivity index (χ3v) is 7.68. The highest BCUT2D eigenvalue weighted by atomic mass is 16.8. The quantitative estimate of drug-likeness (QED) is 0.335. The van der Waals surface area contributed by atoms with E-state index in [1.165, 1.54) is 5.06 Å². The highest BCUT2D eigenvalue weighted by Crippen LogP contribution is 2.27. The number of nitrogens with zero attached hydrogens (tertiary/aromatic N) is 5. The van der Waals surface area contributed by atoms with Crippen LogP contribution in [0, 0.1) is 0 Å². The number of carbonyl (C=O) groups is 4. The number of carbonyl (C=O) groups excluding carboxylic acids is 4. The van der Waals surface area contributed by atoms with Crippen molar-refractivity contribution in [3.8, 4) is 11.4 Å². The van der Waals surface area contributed by atoms with Crippen molar-refractivity contribution < 1.29 is 38.2 Å². The van der Waals surface area contributed by atoms with Crippen molar-refractivity contribution in [3.63, 3.8) is 0 Å². The molecule has 256 valence electrons. The molecule has 47 heavy (non-hydrogen) atoms. The number of esters is 1. The molecule has 0 aliphatic carbocycles. The first kappa shape index (κ1) is 35.6. The van der Waals surface area contributed by atoms with Crippen LogP contribution in [0.4, 0.5) is 10.6 Å². The third-order valence-electron chi connectivity index (χ3n) is 7.68. The Labute approximate surface area is 275 Å². The van der Waals surface area contributed by atoms with Gasteiger partial charge in [0, 0.05) is 44.8 Å². The van der Waals surface area contributed by atoms with Gasteiger partial charge >= 0.3 is 12.1 Å². The van der Waals surface area contributed by atoms with Gasteiger partial charge in [-0.1, -0.05) is 30.3 Å². The monoisotopic (exact) mass is 654 g/mol. The number of ether oxygens (including phenoxy) is 3. The van der Waals surface area contributed by atoms with Crippen LogP contribution >= 0.6 is 0 Å². The first-order valence-corrected chi connectivity index (χ1v) is 16.1. The van der Waals surface area contributed by atoms with Gasteiger partial charge in [-0.25, -0.2) is 14.8 Å². The van der Waals surface area contributed by atoms with Gasteiger partial charge in [0.05, 0.1) is 32.3 Å². The van der Waals surface area contributed by atoms with Gasteiger partial charge in [-0.2, -0.15) is 0 Å². The molecule has 2 saturated heterocycles. The molecular weight excluding hydrogens is 608 g/mol. The number of hydroxylamine groups is 2. The van der Waals surface area contributed by atoms with Gasteiger partial charge in [-0.05, 0) is 47.0 Å². The van der Waals surface area contributed by atoms with Crippen LogP contribution in [0.3, 0.4) is 0 Å². The summed E-state index contributed by atoms with van der Waals surface area (Å²) in [4.78, 5) is 70.4. The molecule has 1 N–H and O–H groups in total. The number of hydrogen-bond acceptors (Lipinski definition) is 12. The van der Waals surface area contributed by atoms with Crippen molar-refractivity contribution in [3.05, 3.63) is 42.1 Å². The van der Waals surface area contributed by atoms with Gasteiger partial charge in [0.2, 0.25) is 5.91 Å². The molecule has 2 aliphatic heterocycles. The minimum Gasteiger partial charge on any atom is -0.460 e. The number of hydrogen-bond donors (Lipinski definition) is 1. The topological polar surface area (TPSA) is 153 Å². The van der Waals surface area contributed by atoms with E-state index in [1.54, 1.807) is 45.8 Å². The molecule has 4 rings (SSSR count). The maximum Gasteiger partial charge on any atom is 0.527 e. The number of nitrogens with one attached hydrogen (secondary N) is 1. The zero-order valence-corrected chi connectivity index (χ0v) is 27.9. The fraction of sp³-hybridized carbons (Fsp3) is 0.576. The number of piperazine rings is 1. The molecule has 3 heterocycles. The number of amides is 2. The summed E-state index contributed by atoms with van der Waals surface area (Å²) in [7, 11) is 1.66. The lowest BCUT2D eigenvalue weighted by Crippen LogP contribution is -2.55. The maximum absolute atomic E-state index is 13.9. The zero-order valence-electron chi connectivity index (χ0n) is 27.9. The van der Waals surface area contributed by atoms with Crippen LogP contribution in [0.25, 0.3) is 11.4 Å². The molecule has 14 heteroatoms. The fourth-order valence-corrected chi connectivity index (χ4v) is 5.53. The van der Waals surface area contributed by atoms with E-state index in [-0.39, 0.29) is 63.3 Å². The molecule has 1 aromatic carbocycles. The maximum atomic E-state index is 13.9. The number of rotatable bonds is 12. The van der Waals surface area contributed by atoms with E-state index in [4.69, 9.17) is 24.0 Å². The molecule has 1 aromatic heterocycles. The van der Waals surface area contributed by atoms with Crippen LogP contribution in [-0.2, 0) is 28.6 Å². The van der Waals surface area contributed by atoms with Gasteiger partial charge in [0.15, 0.2) is 5.82 Å². The summed E-state index contributed by atoms with van der Waals surface area (Å²) in [6.45, 7) is 9.42. The molecule has 2 amide bonds. The van der Waals surface area contributed by atoms with Gasteiger partial charge in [0.25, 0.3) is 5.91 Å². The minimum atomic E-state index is -1.04. The van der Waals surface area contributed by atoms with Crippen molar-refractivity contribution in [1.82, 2.24) is 25.2 Å². The Hall–Kier alpha value is -4.30. The van der Waals surface area contributed by atoms with Crippen LogP contribution in [-0.4, -0.2) is 115 Å². The predicted octanol–water partition coefficient (Wildman–Crippen LogP) is 3.21. The predicted molar refractivity (Wildman–Crippen MR) is 172 cm³/mol. The van der Waals surface area contributed by atoms with E-state index in [1.807, 2.05) is 30.3 Å². The highest BCUT2D eigenvalue weighted by Gasteiger charge is 2.33. The molecule has 0 bridgehead atoms. The number of aromatic nitrogens is 2. The Bertz CT molecular complexity index is 1380. The average Bonchev–Trinajstić information content (AvgIpc) is 3.51. The second kappa shape index (κ2) is 16.5. The van der Waals surface area contributed by atoms with Gasteiger partial charge in [-0.3, -0.25) is 14.4 Å². The average molecular weight is 655 g/mol. The number of methoxy groups -OCH3 is 1. The Morgan fingerprint density at radius 1 is 1.02 bits per heavy atom. The van der Waals surface area contributed by atoms with E-state index < -0.39 is 29.7 Å². The highest BCUT2D eigenvalue weighted by molar-refractivity contribution is 5.97. The van der Waals surface area contributed by atoms with Crippen LogP contribution in [0.1, 0.15) is 63.9 Å². The molecular formula is C33H46N6O8. The van der Waals surface area contributed by atoms with Crippen molar-refractivity contribution in [2.45, 2.75) is 71.1 Å². The number of anilines is 1. The molecule has 2 atom stereocenters. The van der Waals surface area contributed by atoms with Gasteiger partial charge in [-0.15, -0.1) is 5.06 Å². The molecule has 0 radical (unpaired) electrons. The summed E-state index contributed by atoms with van der Waals surface area (Å²) in [5, 5.41) is 4.28. The lowest BCUT2D eigenvalue weighted by Gasteiger charge is -2.35. The first-order chi connectivity index (χ1) is 22.5. The summed E-state index contributed by atoms with van der Waals surface area (Å²) in [5.41, 5.74) is 0.141. The Morgan fingerprint density at radius 3 is 2.40 bits per heavy atom. The Kier molecular flexibility index (Phi) is 12.5. The summed E-state index contributed by atoms with van der Waals surface area (Å²) >= 11 is 0. The minimum absolute atomic E-state index is 0.0184. The van der Waals surface area contributed by atoms with Crippen molar-refractivity contribution in [1.29, 1.82) is 0 Å². The molecule has 14 nitrogen and oxygen atoms in total. The van der Waals surface area contributed by atoms with Crippen molar-refractivity contribution in [2.24, 2.45) is 0 Å². The van der Waals surface area contributed by atoms with E-state index in [0.717, 1.165) is 24.9 Å². The molecule has 0 spiro atoms. The summed E-state index contributed by atoms with van der Waals surface area (Å²) in [5.74, 6) is -0.440. The molecule has 0 unspecified atom stereocenters. The van der Waals surface area contributed by atoms with Crippen LogP contribution in [0.15, 0.2) is 36.4 Å². The summed E-state index contributed by atoms with van der Waals surface area (Å²) in [6.07, 6.45) is 1.01. The largest absolute Gasteiger partial charge is 0.527 e. The second-order valence-corrected chi connectivity index (χ2v) is 12.4.